The standard InChI is InChI=1S/C14H22ClNO2S/c1-14(2,3)16(15)19(17,18)12-8-7-11-13-9-5-4-6-10-13/h4-6,9-10H,7-8,11-12H2,1-3H3. The van der Waals surface area contributed by atoms with Gasteiger partial charge >= 0.3 is 0 Å². The van der Waals surface area contributed by atoms with Crippen molar-refractivity contribution in [2.24, 2.45) is 0 Å². The molecule has 0 unspecified atom stereocenters. The number of hydrogen-bond acceptors (Lipinski definition) is 2. The molecule has 0 saturated heterocycles. The van der Waals surface area contributed by atoms with Gasteiger partial charge in [0.15, 0.2) is 0 Å². The SMILES string of the molecule is CC(C)(C)N(Cl)S(=O)(=O)CCCCc1ccccc1. The van der Waals surface area contributed by atoms with Crippen LogP contribution in [0, 0.1) is 0 Å². The third-order valence-electron chi connectivity index (χ3n) is 2.73. The van der Waals surface area contributed by atoms with Crippen LogP contribution in [0.25, 0.3) is 0 Å². The Kier molecular flexibility index (Phi) is 5.83. The lowest BCUT2D eigenvalue weighted by Crippen LogP contribution is -2.39. The molecule has 0 fully saturated rings. The van der Waals surface area contributed by atoms with Crippen LogP contribution in [0.5, 0.6) is 0 Å². The van der Waals surface area contributed by atoms with Gasteiger partial charge in [0.1, 0.15) is 0 Å². The maximum absolute atomic E-state index is 12.0. The minimum atomic E-state index is -3.37. The van der Waals surface area contributed by atoms with E-state index < -0.39 is 15.6 Å². The molecular formula is C14H22ClNO2S. The molecule has 0 aliphatic carbocycles. The van der Waals surface area contributed by atoms with Crippen LogP contribution in [0.2, 0.25) is 0 Å². The molecule has 0 radical (unpaired) electrons. The van der Waals surface area contributed by atoms with Crippen molar-refractivity contribution in [1.82, 2.24) is 3.82 Å². The Hall–Kier alpha value is -0.580. The van der Waals surface area contributed by atoms with E-state index in [1.54, 1.807) is 20.8 Å². The second-order valence-corrected chi connectivity index (χ2v) is 8.12. The summed E-state index contributed by atoms with van der Waals surface area (Å²) in [7, 11) is -3.37. The summed E-state index contributed by atoms with van der Waals surface area (Å²) >= 11 is 5.89. The minimum absolute atomic E-state index is 0.0978. The normalized spacial score (nSPS) is 12.9. The molecule has 0 N–H and O–H groups in total. The van der Waals surface area contributed by atoms with Crippen molar-refractivity contribution in [2.75, 3.05) is 5.75 Å². The fraction of sp³-hybridized carbons (Fsp3) is 0.571. The van der Waals surface area contributed by atoms with Crippen LogP contribution < -0.4 is 0 Å². The maximum Gasteiger partial charge on any atom is 0.227 e. The second kappa shape index (κ2) is 6.73. The van der Waals surface area contributed by atoms with Crippen molar-refractivity contribution < 1.29 is 8.42 Å². The highest BCUT2D eigenvalue weighted by Gasteiger charge is 2.30. The molecule has 0 aliphatic rings. The molecular weight excluding hydrogens is 282 g/mol. The first-order valence-corrected chi connectivity index (χ1v) is 8.41. The highest BCUT2D eigenvalue weighted by atomic mass is 35.5. The van der Waals surface area contributed by atoms with Gasteiger partial charge in [-0.25, -0.2) is 8.42 Å². The molecule has 1 rings (SSSR count). The molecule has 0 saturated carbocycles. The number of unbranched alkanes of at least 4 members (excludes halogenated alkanes) is 1. The molecule has 19 heavy (non-hydrogen) atoms. The Morgan fingerprint density at radius 3 is 2.21 bits per heavy atom. The molecule has 0 amide bonds. The fourth-order valence-electron chi connectivity index (χ4n) is 1.76. The first kappa shape index (κ1) is 16.5. The van der Waals surface area contributed by atoms with Gasteiger partial charge in [0.2, 0.25) is 10.0 Å². The van der Waals surface area contributed by atoms with Crippen LogP contribution in [-0.4, -0.2) is 23.5 Å². The smallest absolute Gasteiger partial charge is 0.211 e. The summed E-state index contributed by atoms with van der Waals surface area (Å²) in [5.41, 5.74) is 0.651. The Labute approximate surface area is 121 Å². The lowest BCUT2D eigenvalue weighted by molar-refractivity contribution is 0.368. The number of nitrogens with zero attached hydrogens (tertiary/aromatic N) is 1. The van der Waals surface area contributed by atoms with E-state index in [1.165, 1.54) is 5.56 Å². The average molecular weight is 304 g/mol. The van der Waals surface area contributed by atoms with Crippen LogP contribution in [0.15, 0.2) is 30.3 Å². The molecule has 3 nitrogen and oxygen atoms in total. The summed E-state index contributed by atoms with van der Waals surface area (Å²) in [6.07, 6.45) is 2.36. The lowest BCUT2D eigenvalue weighted by Gasteiger charge is -2.27. The van der Waals surface area contributed by atoms with Gasteiger partial charge in [0.05, 0.1) is 5.75 Å². The number of aryl methyl sites for hydroxylation is 1. The summed E-state index contributed by atoms with van der Waals surface area (Å²) in [6.45, 7) is 5.34. The monoisotopic (exact) mass is 303 g/mol. The van der Waals surface area contributed by atoms with Crippen LogP contribution >= 0.6 is 11.8 Å². The van der Waals surface area contributed by atoms with Crippen LogP contribution in [0.3, 0.4) is 0 Å². The van der Waals surface area contributed by atoms with Gasteiger partial charge in [-0.05, 0) is 57.4 Å². The second-order valence-electron chi connectivity index (χ2n) is 5.64. The average Bonchev–Trinajstić information content (AvgIpc) is 2.34. The van der Waals surface area contributed by atoms with Crippen molar-refractivity contribution in [3.8, 4) is 0 Å². The Bertz CT molecular complexity index is 480. The molecule has 5 heteroatoms. The van der Waals surface area contributed by atoms with Crippen LogP contribution in [0.4, 0.5) is 0 Å². The molecule has 108 valence electrons. The van der Waals surface area contributed by atoms with E-state index in [-0.39, 0.29) is 5.75 Å². The van der Waals surface area contributed by atoms with Crippen molar-refractivity contribution in [2.45, 2.75) is 45.6 Å². The van der Waals surface area contributed by atoms with Gasteiger partial charge in [-0.1, -0.05) is 30.3 Å². The molecule has 0 heterocycles. The summed E-state index contributed by atoms with van der Waals surface area (Å²) in [6, 6.07) is 10.1. The predicted molar refractivity (Wildman–Crippen MR) is 80.6 cm³/mol. The third-order valence-corrected chi connectivity index (χ3v) is 5.71. The summed E-state index contributed by atoms with van der Waals surface area (Å²) in [5, 5.41) is 0. The lowest BCUT2D eigenvalue weighted by atomic mass is 10.1. The zero-order valence-corrected chi connectivity index (χ0v) is 13.3. The molecule has 1 aromatic carbocycles. The van der Waals surface area contributed by atoms with Gasteiger partial charge in [0.25, 0.3) is 0 Å². The van der Waals surface area contributed by atoms with E-state index in [2.05, 4.69) is 12.1 Å². The van der Waals surface area contributed by atoms with Crippen molar-refractivity contribution >= 4 is 21.8 Å². The zero-order chi connectivity index (χ0) is 14.5. The number of benzene rings is 1. The van der Waals surface area contributed by atoms with Crippen LogP contribution in [-0.2, 0) is 16.4 Å². The number of hydrogen-bond donors (Lipinski definition) is 0. The summed E-state index contributed by atoms with van der Waals surface area (Å²) < 4.78 is 24.9. The van der Waals surface area contributed by atoms with E-state index in [0.29, 0.717) is 6.42 Å². The van der Waals surface area contributed by atoms with Crippen molar-refractivity contribution in [3.05, 3.63) is 35.9 Å². The van der Waals surface area contributed by atoms with Crippen LogP contribution in [0.1, 0.15) is 39.2 Å². The number of rotatable bonds is 6. The topological polar surface area (TPSA) is 37.4 Å². The van der Waals surface area contributed by atoms with E-state index in [9.17, 15) is 8.42 Å². The molecule has 0 bridgehead atoms. The van der Waals surface area contributed by atoms with Gasteiger partial charge < -0.3 is 0 Å². The van der Waals surface area contributed by atoms with E-state index in [0.717, 1.165) is 16.7 Å². The molecule has 0 atom stereocenters. The van der Waals surface area contributed by atoms with Crippen molar-refractivity contribution in [1.29, 1.82) is 0 Å². The fourth-order valence-corrected chi connectivity index (χ4v) is 3.53. The molecule has 0 aliphatic heterocycles. The van der Waals surface area contributed by atoms with Gasteiger partial charge in [-0.3, -0.25) is 0 Å². The van der Waals surface area contributed by atoms with Crippen molar-refractivity contribution in [3.63, 3.8) is 0 Å². The van der Waals surface area contributed by atoms with E-state index in [1.807, 2.05) is 18.2 Å². The van der Waals surface area contributed by atoms with E-state index in [4.69, 9.17) is 11.8 Å². The molecule has 1 aromatic rings. The number of sulfonamides is 1. The Morgan fingerprint density at radius 1 is 1.11 bits per heavy atom. The quantitative estimate of drug-likeness (QED) is 0.595. The maximum atomic E-state index is 12.0. The zero-order valence-electron chi connectivity index (χ0n) is 11.8. The highest BCUT2D eigenvalue weighted by molar-refractivity contribution is 7.90. The first-order valence-electron chi connectivity index (χ1n) is 6.46. The third kappa shape index (κ3) is 5.51. The van der Waals surface area contributed by atoms with Gasteiger partial charge in [-0.15, -0.1) is 3.82 Å². The van der Waals surface area contributed by atoms with Gasteiger partial charge in [0, 0.05) is 5.54 Å². The summed E-state index contributed by atoms with van der Waals surface area (Å²) in [4.78, 5) is 0. The predicted octanol–water partition coefficient (Wildman–Crippen LogP) is 3.59. The minimum Gasteiger partial charge on any atom is -0.211 e. The Balaban J connectivity index is 2.41. The highest BCUT2D eigenvalue weighted by Crippen LogP contribution is 2.22. The van der Waals surface area contributed by atoms with E-state index >= 15 is 0 Å². The Morgan fingerprint density at radius 2 is 1.68 bits per heavy atom. The first-order chi connectivity index (χ1) is 8.73. The molecule has 0 spiro atoms. The van der Waals surface area contributed by atoms with Gasteiger partial charge in [-0.2, -0.15) is 0 Å². The number of halogens is 1. The summed E-state index contributed by atoms with van der Waals surface area (Å²) in [5.74, 6) is 0.0978. The largest absolute Gasteiger partial charge is 0.227 e. The molecule has 0 aromatic heterocycles.